The number of thiophene rings is 1. The van der Waals surface area contributed by atoms with Gasteiger partial charge in [0.25, 0.3) is 0 Å². The lowest BCUT2D eigenvalue weighted by molar-refractivity contribution is 0.105. The van der Waals surface area contributed by atoms with Gasteiger partial charge in [-0.05, 0) is 35.2 Å². The summed E-state index contributed by atoms with van der Waals surface area (Å²) in [6, 6.07) is 11.8. The van der Waals surface area contributed by atoms with Crippen molar-refractivity contribution in [2.45, 2.75) is 0 Å². The van der Waals surface area contributed by atoms with Crippen LogP contribution in [-0.2, 0) is 0 Å². The van der Waals surface area contributed by atoms with Gasteiger partial charge in [-0.2, -0.15) is 0 Å². The van der Waals surface area contributed by atoms with E-state index in [1.54, 1.807) is 6.08 Å². The number of H-pyrrole nitrogens is 1. The first-order chi connectivity index (χ1) is 8.84. The van der Waals surface area contributed by atoms with Crippen LogP contribution in [0.2, 0.25) is 0 Å². The van der Waals surface area contributed by atoms with Crippen molar-refractivity contribution in [2.75, 3.05) is 0 Å². The van der Waals surface area contributed by atoms with E-state index < -0.39 is 0 Å². The molecule has 2 heterocycles. The number of carbonyl (C=O) groups excluding carboxylic acids is 1. The monoisotopic (exact) mass is 253 g/mol. The molecular weight excluding hydrogens is 242 g/mol. The third-order valence-corrected chi connectivity index (χ3v) is 3.68. The molecule has 0 amide bonds. The Labute approximate surface area is 109 Å². The molecular formula is C15H11NOS. The van der Waals surface area contributed by atoms with E-state index in [4.69, 9.17) is 0 Å². The molecule has 0 fully saturated rings. The Balaban J connectivity index is 1.91. The molecule has 0 aliphatic heterocycles. The van der Waals surface area contributed by atoms with Crippen LogP contribution in [0, 0.1) is 0 Å². The molecule has 0 saturated carbocycles. The van der Waals surface area contributed by atoms with E-state index in [1.165, 1.54) is 11.3 Å². The van der Waals surface area contributed by atoms with Crippen LogP contribution < -0.4 is 0 Å². The third-order valence-electron chi connectivity index (χ3n) is 2.80. The first kappa shape index (κ1) is 11.0. The van der Waals surface area contributed by atoms with Gasteiger partial charge in [0.2, 0.25) is 0 Å². The highest BCUT2D eigenvalue weighted by molar-refractivity contribution is 7.12. The molecule has 2 nitrogen and oxygen atoms in total. The van der Waals surface area contributed by atoms with Crippen molar-refractivity contribution in [3.05, 3.63) is 64.5 Å². The minimum atomic E-state index is 0.0512. The predicted molar refractivity (Wildman–Crippen MR) is 76.0 cm³/mol. The minimum Gasteiger partial charge on any atom is -0.361 e. The number of benzene rings is 1. The maximum atomic E-state index is 11.9. The van der Waals surface area contributed by atoms with Gasteiger partial charge in [0.15, 0.2) is 5.78 Å². The van der Waals surface area contributed by atoms with Crippen LogP contribution >= 0.6 is 11.3 Å². The summed E-state index contributed by atoms with van der Waals surface area (Å²) in [6.45, 7) is 0. The Morgan fingerprint density at radius 1 is 1.17 bits per heavy atom. The predicted octanol–water partition coefficient (Wildman–Crippen LogP) is 4.13. The number of nitrogens with one attached hydrogen (secondary N) is 1. The van der Waals surface area contributed by atoms with E-state index in [0.717, 1.165) is 21.3 Å². The molecule has 2 aromatic heterocycles. The van der Waals surface area contributed by atoms with E-state index in [9.17, 15) is 4.79 Å². The zero-order chi connectivity index (χ0) is 12.4. The van der Waals surface area contributed by atoms with Gasteiger partial charge >= 0.3 is 0 Å². The smallest absolute Gasteiger partial charge is 0.195 e. The topological polar surface area (TPSA) is 32.9 Å². The maximum Gasteiger partial charge on any atom is 0.195 e. The van der Waals surface area contributed by atoms with E-state index in [1.807, 2.05) is 54.1 Å². The number of aromatic nitrogens is 1. The highest BCUT2D eigenvalue weighted by Gasteiger charge is 2.03. The van der Waals surface area contributed by atoms with Gasteiger partial charge in [-0.25, -0.2) is 0 Å². The summed E-state index contributed by atoms with van der Waals surface area (Å²) in [7, 11) is 0. The lowest BCUT2D eigenvalue weighted by atomic mass is 10.1. The average molecular weight is 253 g/mol. The Hall–Kier alpha value is -2.13. The van der Waals surface area contributed by atoms with Gasteiger partial charge < -0.3 is 4.98 Å². The number of hydrogen-bond acceptors (Lipinski definition) is 2. The fraction of sp³-hybridized carbons (Fsp3) is 0. The maximum absolute atomic E-state index is 11.9. The van der Waals surface area contributed by atoms with Crippen LogP contribution in [0.15, 0.2) is 54.1 Å². The lowest BCUT2D eigenvalue weighted by Gasteiger charge is -1.91. The van der Waals surface area contributed by atoms with Crippen LogP contribution in [0.1, 0.15) is 15.2 Å². The van der Waals surface area contributed by atoms with E-state index in [-0.39, 0.29) is 5.78 Å². The molecule has 0 spiro atoms. The second kappa shape index (κ2) is 4.63. The average Bonchev–Trinajstić information content (AvgIpc) is 3.06. The molecule has 3 aromatic rings. The van der Waals surface area contributed by atoms with Gasteiger partial charge in [-0.15, -0.1) is 11.3 Å². The summed E-state index contributed by atoms with van der Waals surface area (Å²) in [6.07, 6.45) is 5.41. The fourth-order valence-corrected chi connectivity index (χ4v) is 2.54. The molecule has 0 aliphatic rings. The molecule has 0 atom stereocenters. The van der Waals surface area contributed by atoms with Crippen LogP contribution in [0.5, 0.6) is 0 Å². The molecule has 88 valence electrons. The second-order valence-corrected chi connectivity index (χ2v) is 4.91. The van der Waals surface area contributed by atoms with Crippen LogP contribution in [0.3, 0.4) is 0 Å². The summed E-state index contributed by atoms with van der Waals surface area (Å²) < 4.78 is 0. The van der Waals surface area contributed by atoms with Gasteiger partial charge in [0, 0.05) is 17.1 Å². The largest absolute Gasteiger partial charge is 0.361 e. The number of fused-ring (bicyclic) bond motifs is 1. The van der Waals surface area contributed by atoms with Crippen molar-refractivity contribution in [1.82, 2.24) is 4.98 Å². The zero-order valence-electron chi connectivity index (χ0n) is 9.59. The molecule has 1 N–H and O–H groups in total. The number of hydrogen-bond donors (Lipinski definition) is 1. The number of allylic oxidation sites excluding steroid dienone is 1. The first-order valence-electron chi connectivity index (χ1n) is 5.66. The Morgan fingerprint density at radius 3 is 2.89 bits per heavy atom. The normalized spacial score (nSPS) is 11.3. The summed E-state index contributed by atoms with van der Waals surface area (Å²) in [4.78, 5) is 15.8. The van der Waals surface area contributed by atoms with Crippen molar-refractivity contribution in [1.29, 1.82) is 0 Å². The second-order valence-electron chi connectivity index (χ2n) is 3.96. The summed E-state index contributed by atoms with van der Waals surface area (Å²) in [5.74, 6) is 0.0512. The number of carbonyl (C=O) groups is 1. The SMILES string of the molecule is O=C(/C=C/c1c[nH]c2ccccc12)c1cccs1. The first-order valence-corrected chi connectivity index (χ1v) is 6.54. The van der Waals surface area contributed by atoms with Gasteiger partial charge in [0.05, 0.1) is 4.88 Å². The van der Waals surface area contributed by atoms with E-state index >= 15 is 0 Å². The Bertz CT molecular complexity index is 707. The standard InChI is InChI=1S/C15H11NOS/c17-14(15-6-3-9-18-15)8-7-11-10-16-13-5-2-1-4-12(11)13/h1-10,16H/b8-7+. The van der Waals surface area contributed by atoms with Crippen molar-refractivity contribution < 1.29 is 4.79 Å². The Kier molecular flexibility index (Phi) is 2.82. The lowest BCUT2D eigenvalue weighted by Crippen LogP contribution is -1.88. The number of aromatic amines is 1. The summed E-state index contributed by atoms with van der Waals surface area (Å²) >= 11 is 1.46. The molecule has 0 aliphatic carbocycles. The van der Waals surface area contributed by atoms with Gasteiger partial charge in [-0.3, -0.25) is 4.79 Å². The van der Waals surface area contributed by atoms with Crippen LogP contribution in [0.25, 0.3) is 17.0 Å². The van der Waals surface area contributed by atoms with Crippen LogP contribution in [-0.4, -0.2) is 10.8 Å². The summed E-state index contributed by atoms with van der Waals surface area (Å²) in [5, 5.41) is 3.04. The fourth-order valence-electron chi connectivity index (χ4n) is 1.90. The van der Waals surface area contributed by atoms with E-state index in [0.29, 0.717) is 0 Å². The third kappa shape index (κ3) is 2.00. The molecule has 0 saturated heterocycles. The minimum absolute atomic E-state index is 0.0512. The zero-order valence-corrected chi connectivity index (χ0v) is 10.4. The highest BCUT2D eigenvalue weighted by atomic mass is 32.1. The molecule has 18 heavy (non-hydrogen) atoms. The molecule has 1 aromatic carbocycles. The van der Waals surface area contributed by atoms with Gasteiger partial charge in [0.1, 0.15) is 0 Å². The molecule has 3 rings (SSSR count). The number of para-hydroxylation sites is 1. The molecule has 3 heteroatoms. The van der Waals surface area contributed by atoms with Gasteiger partial charge in [-0.1, -0.05) is 24.3 Å². The summed E-state index contributed by atoms with van der Waals surface area (Å²) in [5.41, 5.74) is 2.12. The molecule has 0 unspecified atom stereocenters. The molecule has 0 bridgehead atoms. The van der Waals surface area contributed by atoms with Crippen molar-refractivity contribution in [3.63, 3.8) is 0 Å². The Morgan fingerprint density at radius 2 is 2.06 bits per heavy atom. The van der Waals surface area contributed by atoms with Crippen molar-refractivity contribution in [3.8, 4) is 0 Å². The number of ketones is 1. The number of rotatable bonds is 3. The molecule has 0 radical (unpaired) electrons. The van der Waals surface area contributed by atoms with Crippen LogP contribution in [0.4, 0.5) is 0 Å². The van der Waals surface area contributed by atoms with E-state index in [2.05, 4.69) is 4.98 Å². The van der Waals surface area contributed by atoms with Crippen molar-refractivity contribution >= 4 is 34.1 Å². The highest BCUT2D eigenvalue weighted by Crippen LogP contribution is 2.19. The quantitative estimate of drug-likeness (QED) is 0.552. The van der Waals surface area contributed by atoms with Crippen molar-refractivity contribution in [2.24, 2.45) is 0 Å².